The lowest BCUT2D eigenvalue weighted by Gasteiger charge is -2.55. The molecule has 4 heterocycles. The average molecular weight is 1330 g/mol. The Labute approximate surface area is 551 Å². The summed E-state index contributed by atoms with van der Waals surface area (Å²) in [5.41, 5.74) is 2.16. The number of hydrogen-bond donors (Lipinski definition) is 0. The number of ketones is 2. The molecule has 0 aromatic carbocycles. The molecule has 5 aliphatic rings. The van der Waals surface area contributed by atoms with Crippen LogP contribution < -0.4 is 0 Å². The molecule has 16 atom stereocenters. The van der Waals surface area contributed by atoms with Crippen molar-refractivity contribution in [1.29, 1.82) is 0 Å². The molecule has 5 fully saturated rings. The summed E-state index contributed by atoms with van der Waals surface area (Å²) in [6, 6.07) is 0. The zero-order chi connectivity index (χ0) is 67.6. The number of rotatable bonds is 28. The molecule has 0 N–H and O–H groups in total. The van der Waals surface area contributed by atoms with Gasteiger partial charge >= 0.3 is 0 Å². The second-order valence-electron chi connectivity index (χ2n) is 35.9. The maximum Gasteiger partial charge on any atom is 0.192 e. The van der Waals surface area contributed by atoms with Crippen molar-refractivity contribution in [2.45, 2.75) is 365 Å². The van der Waals surface area contributed by atoms with Gasteiger partial charge in [-0.25, -0.2) is 0 Å². The van der Waals surface area contributed by atoms with Crippen LogP contribution in [0.3, 0.4) is 0 Å². The summed E-state index contributed by atoms with van der Waals surface area (Å²) in [4.78, 5) is 27.7. The predicted molar refractivity (Wildman–Crippen MR) is 381 cm³/mol. The van der Waals surface area contributed by atoms with E-state index >= 15 is 0 Å². The summed E-state index contributed by atoms with van der Waals surface area (Å²) >= 11 is 0. The molecule has 0 bridgehead atoms. The third-order valence-corrected chi connectivity index (χ3v) is 46.4. The fourth-order valence-corrected chi connectivity index (χ4v) is 19.0. The quantitative estimate of drug-likeness (QED) is 0.0420. The summed E-state index contributed by atoms with van der Waals surface area (Å²) in [7, 11) is -9.57. The Bertz CT molecular complexity index is 2370. The van der Waals surface area contributed by atoms with Crippen LogP contribution in [0.4, 0.5) is 0 Å². The topological polar surface area (TPSA) is 126 Å². The Morgan fingerprint density at radius 2 is 1.20 bits per heavy atom. The van der Waals surface area contributed by atoms with Crippen molar-refractivity contribution in [3.05, 3.63) is 36.5 Å². The molecule has 4 saturated heterocycles. The second kappa shape index (κ2) is 30.3. The van der Waals surface area contributed by atoms with Gasteiger partial charge < -0.3 is 45.8 Å². The molecule has 0 aromatic heterocycles. The van der Waals surface area contributed by atoms with E-state index in [4.69, 9.17) is 45.8 Å². The first-order chi connectivity index (χ1) is 40.5. The van der Waals surface area contributed by atoms with Crippen molar-refractivity contribution in [3.8, 4) is 0 Å². The van der Waals surface area contributed by atoms with E-state index in [-0.39, 0.29) is 128 Å². The Kier molecular flexibility index (Phi) is 26.9. The highest BCUT2D eigenvalue weighted by Crippen LogP contribution is 2.51. The van der Waals surface area contributed by atoms with Gasteiger partial charge in [0.15, 0.2) is 47.4 Å². The van der Waals surface area contributed by atoms with Crippen molar-refractivity contribution < 1.29 is 55.4 Å². The van der Waals surface area contributed by atoms with E-state index in [0.29, 0.717) is 51.0 Å². The average Bonchev–Trinajstić information content (AvgIpc) is 1.27. The predicted octanol–water partition coefficient (Wildman–Crippen LogP) is 18.7. The fraction of sp³-hybridized carbons (Fsp3) is 0.889. The highest BCUT2D eigenvalue weighted by molar-refractivity contribution is 6.76. The van der Waals surface area contributed by atoms with Gasteiger partial charge in [0, 0.05) is 57.7 Å². The van der Waals surface area contributed by atoms with E-state index < -0.39 is 41.6 Å². The SMILES string of the molecule is C=C1C[C@H](CCC(=O)/C=C/C(O[Si](C)(C)C(C)(C)C)[C@@H]2C[C@H]3CCCO[C@@H]3C(O[Si](C)(C)C(C)(C)C)C2O[Si](C)(C)C(C)(C)C)O[C@H]1CC[C@H]1C[C@@H](C)C(=C)[C@@H](C[C@@H]2O[C@H](CC(CO[Si](C)(C)C(C)(C)C)O[Si](C)(C)C(C)(C)C)[C@H](OC)[C@H]2CC(=O)CC)O1. The zero-order valence-electron chi connectivity index (χ0n) is 62.3. The molecule has 0 spiro atoms. The molecule has 17 heteroatoms. The first-order valence-corrected chi connectivity index (χ1v) is 49.6. The van der Waals surface area contributed by atoms with Crippen molar-refractivity contribution in [2.75, 3.05) is 20.3 Å². The Hall–Kier alpha value is -0.756. The van der Waals surface area contributed by atoms with E-state index in [0.717, 1.165) is 62.7 Å². The van der Waals surface area contributed by atoms with E-state index in [1.165, 1.54) is 0 Å². The smallest absolute Gasteiger partial charge is 0.192 e. The minimum atomic E-state index is -2.37. The molecule has 0 radical (unpaired) electrons. The number of methoxy groups -OCH3 is 1. The Balaban J connectivity index is 1.30. The van der Waals surface area contributed by atoms with Crippen molar-refractivity contribution >= 4 is 53.2 Å². The second-order valence-corrected chi connectivity index (χ2v) is 59.7. The number of carbonyl (C=O) groups excluding carboxylic acids is 2. The summed E-state index contributed by atoms with van der Waals surface area (Å²) in [6.45, 7) is 72.3. The van der Waals surface area contributed by atoms with Crippen LogP contribution in [0.1, 0.15) is 201 Å². The largest absolute Gasteiger partial charge is 0.414 e. The van der Waals surface area contributed by atoms with Crippen LogP contribution in [-0.2, 0) is 55.4 Å². The van der Waals surface area contributed by atoms with Crippen LogP contribution in [-0.4, -0.2) is 147 Å². The maximum absolute atomic E-state index is 14.3. The van der Waals surface area contributed by atoms with Gasteiger partial charge in [-0.15, -0.1) is 0 Å². The number of carbonyl (C=O) groups is 2. The van der Waals surface area contributed by atoms with Gasteiger partial charge in [0.1, 0.15) is 5.78 Å². The van der Waals surface area contributed by atoms with Crippen LogP contribution in [0.2, 0.25) is 90.7 Å². The number of Topliss-reactive ketones (excluding diaryl/α,β-unsaturated/α-hetero) is 1. The number of ether oxygens (including phenoxy) is 5. The number of allylic oxidation sites excluding steroid dienone is 1. The molecule has 5 rings (SSSR count). The fourth-order valence-electron chi connectivity index (χ4n) is 12.6. The molecule has 89 heavy (non-hydrogen) atoms. The van der Waals surface area contributed by atoms with Crippen LogP contribution >= 0.6 is 0 Å². The summed E-state index contributed by atoms with van der Waals surface area (Å²) in [5, 5.41) is -0.0137. The van der Waals surface area contributed by atoms with E-state index in [9.17, 15) is 9.59 Å². The molecule has 12 nitrogen and oxygen atoms in total. The Morgan fingerprint density at radius 1 is 0.652 bits per heavy atom. The molecule has 4 aliphatic heterocycles. The monoisotopic (exact) mass is 1330 g/mol. The van der Waals surface area contributed by atoms with Gasteiger partial charge in [0.05, 0.1) is 79.9 Å². The maximum atomic E-state index is 14.3. The number of hydrogen-bond acceptors (Lipinski definition) is 12. The van der Waals surface area contributed by atoms with Gasteiger partial charge in [-0.3, -0.25) is 9.59 Å². The van der Waals surface area contributed by atoms with Crippen molar-refractivity contribution in [2.24, 2.45) is 23.7 Å². The van der Waals surface area contributed by atoms with Gasteiger partial charge in [0.25, 0.3) is 0 Å². The highest BCUT2D eigenvalue weighted by Gasteiger charge is 2.57. The standard InChI is InChI=1S/C72H136O12Si5/c1-31-52(73)44-58-62(80-63(65(58)75-20)45-56(81-86(23,24)69(8,9)10)47-77-85(21,22)68(5,6)7)46-61-50(4)48(2)41-55(79-61)37-39-59-49(3)42-54(78-59)36-34-53(74)35-38-60(82-87(25,26)70(11,12)13)57-43-51-33-32-40-76-64(51)67(84-89(29,30)72(17,18)19)66(57)83-88(27,28)71(14,15)16/h35,38,48,51,54-67H,3-4,31-34,36-37,39-47H2,1-2,5-30H3/b38-35+/t48-,51-,54+,55+,56?,57+,58+,59+,60?,61-,62+,63-,64+,65-,66?,67?/m1/s1. The van der Waals surface area contributed by atoms with E-state index in [1.807, 2.05) is 13.0 Å². The third kappa shape index (κ3) is 20.4. The Morgan fingerprint density at radius 3 is 1.75 bits per heavy atom. The van der Waals surface area contributed by atoms with E-state index in [1.54, 1.807) is 7.11 Å². The van der Waals surface area contributed by atoms with Crippen molar-refractivity contribution in [1.82, 2.24) is 0 Å². The minimum Gasteiger partial charge on any atom is -0.414 e. The molecule has 1 saturated carbocycles. The first kappa shape index (κ1) is 78.9. The first-order valence-electron chi connectivity index (χ1n) is 35.0. The summed E-state index contributed by atoms with van der Waals surface area (Å²) < 4.78 is 71.1. The molecule has 0 amide bonds. The lowest BCUT2D eigenvalue weighted by atomic mass is 9.71. The minimum absolute atomic E-state index is 0.00384. The van der Waals surface area contributed by atoms with E-state index in [2.05, 4.69) is 195 Å². The molecule has 516 valence electrons. The van der Waals surface area contributed by atoms with Gasteiger partial charge in [-0.05, 0) is 171 Å². The third-order valence-electron chi connectivity index (χ3n) is 23.9. The zero-order valence-corrected chi connectivity index (χ0v) is 67.3. The van der Waals surface area contributed by atoms with Crippen LogP contribution in [0.15, 0.2) is 36.5 Å². The van der Waals surface area contributed by atoms with Crippen LogP contribution in [0.25, 0.3) is 0 Å². The molecular formula is C72H136O12Si5. The lowest BCUT2D eigenvalue weighted by Crippen LogP contribution is -2.64. The lowest BCUT2D eigenvalue weighted by molar-refractivity contribution is -0.173. The summed E-state index contributed by atoms with van der Waals surface area (Å²) in [6.07, 6.45) is 10.8. The molecule has 4 unspecified atom stereocenters. The molecule has 0 aromatic rings. The molecule has 1 aliphatic carbocycles. The number of fused-ring (bicyclic) bond motifs is 1. The highest BCUT2D eigenvalue weighted by atomic mass is 28.4. The van der Waals surface area contributed by atoms with Gasteiger partial charge in [-0.1, -0.05) is 137 Å². The van der Waals surface area contributed by atoms with Gasteiger partial charge in [-0.2, -0.15) is 0 Å². The summed E-state index contributed by atoms with van der Waals surface area (Å²) in [5.74, 6) is 0.679. The molecular weight excluding hydrogens is 1200 g/mol. The van der Waals surface area contributed by atoms with Crippen LogP contribution in [0.5, 0.6) is 0 Å². The van der Waals surface area contributed by atoms with Crippen LogP contribution in [0, 0.1) is 23.7 Å². The van der Waals surface area contributed by atoms with Crippen molar-refractivity contribution in [3.63, 3.8) is 0 Å². The van der Waals surface area contributed by atoms with Gasteiger partial charge in [0.2, 0.25) is 0 Å². The normalized spacial score (nSPS) is 30.9.